The van der Waals surface area contributed by atoms with E-state index >= 15 is 0 Å². The van der Waals surface area contributed by atoms with Crippen molar-refractivity contribution in [3.05, 3.63) is 0 Å². The Morgan fingerprint density at radius 1 is 1.50 bits per heavy atom. The van der Waals surface area contributed by atoms with Gasteiger partial charge in [0.05, 0.1) is 0 Å². The Bertz CT molecular complexity index is 29.0. The van der Waals surface area contributed by atoms with E-state index in [9.17, 15) is 0 Å². The molecule has 0 saturated heterocycles. The monoisotopic (exact) mass is 165 g/mol. The van der Waals surface area contributed by atoms with E-state index in [1.807, 2.05) is 0 Å². The standard InChI is InChI=1S/Cl2HNSe/c1-4(2)3/h3H. The van der Waals surface area contributed by atoms with Crippen LogP contribution in [-0.4, -0.2) is 11.9 Å². The molecule has 0 radical (unpaired) electrons. The van der Waals surface area contributed by atoms with Gasteiger partial charge in [0.2, 0.25) is 0 Å². The van der Waals surface area contributed by atoms with Crippen molar-refractivity contribution in [3.63, 3.8) is 0 Å². The minimum atomic E-state index is -1.85. The summed E-state index contributed by atoms with van der Waals surface area (Å²) < 4.78 is 6.24. The van der Waals surface area contributed by atoms with Crippen molar-refractivity contribution in [1.29, 1.82) is 4.38 Å². The Morgan fingerprint density at radius 3 is 1.50 bits per heavy atom. The molecule has 0 saturated carbocycles. The molecule has 4 heavy (non-hydrogen) atoms. The van der Waals surface area contributed by atoms with Crippen LogP contribution in [-0.2, 0) is 0 Å². The number of rotatable bonds is 0. The first kappa shape index (κ1) is 4.90. The van der Waals surface area contributed by atoms with Gasteiger partial charge in [-0.1, -0.05) is 0 Å². The third-order valence-electron chi connectivity index (χ3n) is 0. The van der Waals surface area contributed by atoms with Gasteiger partial charge in [0.1, 0.15) is 0 Å². The molecule has 0 aromatic rings. The zero-order valence-corrected chi connectivity index (χ0v) is 4.89. The van der Waals surface area contributed by atoms with Crippen molar-refractivity contribution in [1.82, 2.24) is 0 Å². The Balaban J connectivity index is 2.80. The molecule has 0 aliphatic rings. The maximum atomic E-state index is 6.24. The van der Waals surface area contributed by atoms with Crippen LogP contribution in [0.5, 0.6) is 0 Å². The number of hydrogen-bond donors (Lipinski definition) is 1. The van der Waals surface area contributed by atoms with E-state index in [1.54, 1.807) is 0 Å². The first-order chi connectivity index (χ1) is 1.73. The van der Waals surface area contributed by atoms with E-state index in [0.717, 1.165) is 0 Å². The molecule has 26 valence electrons. The summed E-state index contributed by atoms with van der Waals surface area (Å²) in [5, 5.41) is 0. The molecule has 0 bridgehead atoms. The van der Waals surface area contributed by atoms with Gasteiger partial charge in [0.25, 0.3) is 0 Å². The van der Waals surface area contributed by atoms with E-state index in [0.29, 0.717) is 0 Å². The van der Waals surface area contributed by atoms with Crippen molar-refractivity contribution in [3.8, 4) is 0 Å². The number of halogens is 2. The molecule has 0 atom stereocenters. The molecule has 0 amide bonds. The summed E-state index contributed by atoms with van der Waals surface area (Å²) in [6.45, 7) is 0. The molecule has 0 rings (SSSR count). The molecular formula is HCl2NSe. The van der Waals surface area contributed by atoms with Crippen LogP contribution in [0.2, 0.25) is 0 Å². The summed E-state index contributed by atoms with van der Waals surface area (Å²) in [6.07, 6.45) is 0. The average molecular weight is 165 g/mol. The second kappa shape index (κ2) is 2.16. The zero-order chi connectivity index (χ0) is 3.58. The van der Waals surface area contributed by atoms with E-state index in [2.05, 4.69) is 0 Å². The summed E-state index contributed by atoms with van der Waals surface area (Å²) in [4.78, 5) is 0. The van der Waals surface area contributed by atoms with Crippen LogP contribution in [0.25, 0.3) is 0 Å². The van der Waals surface area contributed by atoms with Crippen molar-refractivity contribution in [2.45, 2.75) is 0 Å². The predicted molar refractivity (Wildman–Crippen MR) is 20.2 cm³/mol. The molecular weight excluding hydrogens is 164 g/mol. The summed E-state index contributed by atoms with van der Waals surface area (Å²) >= 11 is -1.85. The molecule has 0 aromatic carbocycles. The quantitative estimate of drug-likeness (QED) is 0.523. The summed E-state index contributed by atoms with van der Waals surface area (Å²) in [6, 6.07) is 0. The third-order valence-corrected chi connectivity index (χ3v) is 0. The van der Waals surface area contributed by atoms with Crippen LogP contribution in [0.4, 0.5) is 0 Å². The summed E-state index contributed by atoms with van der Waals surface area (Å²) in [5.74, 6) is 0. The maximum absolute atomic E-state index is 6.24. The second-order valence-corrected chi connectivity index (χ2v) is 5.13. The van der Waals surface area contributed by atoms with Crippen molar-refractivity contribution >= 4 is 32.1 Å². The van der Waals surface area contributed by atoms with Crippen LogP contribution < -0.4 is 0 Å². The molecule has 4 heteroatoms. The first-order valence-electron chi connectivity index (χ1n) is 0.513. The van der Waals surface area contributed by atoms with Crippen LogP contribution in [0.15, 0.2) is 0 Å². The topological polar surface area (TPSA) is 23.9 Å². The molecule has 0 unspecified atom stereocenters. The summed E-state index contributed by atoms with van der Waals surface area (Å²) in [5.41, 5.74) is 0. The Labute approximate surface area is 36.8 Å². The van der Waals surface area contributed by atoms with Crippen LogP contribution in [0, 0.1) is 4.38 Å². The van der Waals surface area contributed by atoms with Gasteiger partial charge in [0.15, 0.2) is 0 Å². The molecule has 0 aliphatic carbocycles. The van der Waals surface area contributed by atoms with Gasteiger partial charge in [-0.3, -0.25) is 0 Å². The fraction of sp³-hybridized carbons (Fsp3) is 0. The minimum absolute atomic E-state index is 1.85. The summed E-state index contributed by atoms with van der Waals surface area (Å²) in [7, 11) is 9.66. The van der Waals surface area contributed by atoms with Crippen LogP contribution >= 0.6 is 20.2 Å². The van der Waals surface area contributed by atoms with Gasteiger partial charge in [-0.25, -0.2) is 0 Å². The molecule has 1 N–H and O–H groups in total. The van der Waals surface area contributed by atoms with E-state index in [4.69, 9.17) is 24.6 Å². The second-order valence-electron chi connectivity index (χ2n) is 0.213. The molecule has 0 spiro atoms. The van der Waals surface area contributed by atoms with Gasteiger partial charge in [-0.05, 0) is 0 Å². The van der Waals surface area contributed by atoms with Crippen LogP contribution in [0.1, 0.15) is 0 Å². The van der Waals surface area contributed by atoms with Gasteiger partial charge in [-0.2, -0.15) is 0 Å². The van der Waals surface area contributed by atoms with Gasteiger partial charge >= 0.3 is 36.5 Å². The van der Waals surface area contributed by atoms with Crippen molar-refractivity contribution in [2.24, 2.45) is 0 Å². The van der Waals surface area contributed by atoms with Gasteiger partial charge < -0.3 is 0 Å². The van der Waals surface area contributed by atoms with Gasteiger partial charge in [0, 0.05) is 0 Å². The van der Waals surface area contributed by atoms with Crippen molar-refractivity contribution < 1.29 is 0 Å². The van der Waals surface area contributed by atoms with Crippen LogP contribution in [0.3, 0.4) is 0 Å². The van der Waals surface area contributed by atoms with E-state index < -0.39 is 11.9 Å². The zero-order valence-electron chi connectivity index (χ0n) is 1.66. The van der Waals surface area contributed by atoms with E-state index in [1.165, 1.54) is 0 Å². The van der Waals surface area contributed by atoms with E-state index in [-0.39, 0.29) is 0 Å². The SMILES string of the molecule is N=[Se](Cl)Cl. The predicted octanol–water partition coefficient (Wildman–Crippen LogP) is 1.30. The number of hydrogen-bond acceptors (Lipinski definition) is 1. The Morgan fingerprint density at radius 2 is 1.50 bits per heavy atom. The third kappa shape index (κ3) is 12.9. The number of nitrogens with one attached hydrogen (secondary N) is 1. The molecule has 0 heterocycles. The molecule has 0 fully saturated rings. The average Bonchev–Trinajstić information content (AvgIpc) is 0.811. The normalized spacial score (nSPS) is 8.75. The molecule has 1 nitrogen and oxygen atoms in total. The first-order valence-corrected chi connectivity index (χ1v) is 5.87. The Hall–Kier alpha value is 0.899. The fourth-order valence-corrected chi connectivity index (χ4v) is 0. The molecule has 0 aliphatic heterocycles. The van der Waals surface area contributed by atoms with Crippen molar-refractivity contribution in [2.75, 3.05) is 0 Å². The molecule has 0 aromatic heterocycles. The fourth-order valence-electron chi connectivity index (χ4n) is 0. The Kier molecular flexibility index (Phi) is 2.64. The van der Waals surface area contributed by atoms with Gasteiger partial charge in [-0.15, -0.1) is 0 Å².